The molecule has 1 aromatic heterocycles. The Morgan fingerprint density at radius 1 is 1.27 bits per heavy atom. The molecular formula is C18H17ClN2S. The molecule has 22 heavy (non-hydrogen) atoms. The molecule has 0 N–H and O–H groups in total. The van der Waals surface area contributed by atoms with E-state index in [9.17, 15) is 0 Å². The minimum Gasteiger partial charge on any atom is -0.302 e. The summed E-state index contributed by atoms with van der Waals surface area (Å²) in [6.45, 7) is 2.07. The number of hydrogen-bond acceptors (Lipinski definition) is 3. The van der Waals surface area contributed by atoms with Crippen molar-refractivity contribution in [2.45, 2.75) is 12.8 Å². The Bertz CT molecular complexity index is 788. The SMILES string of the molecule is CN1CCC=C(C2=Nc3ccccc3Cc3sc(Cl)cc32)C1. The lowest BCUT2D eigenvalue weighted by Crippen LogP contribution is -2.28. The topological polar surface area (TPSA) is 15.6 Å². The van der Waals surface area contributed by atoms with E-state index in [-0.39, 0.29) is 0 Å². The summed E-state index contributed by atoms with van der Waals surface area (Å²) in [7, 11) is 2.17. The largest absolute Gasteiger partial charge is 0.302 e. The molecule has 0 amide bonds. The Kier molecular flexibility index (Phi) is 3.65. The van der Waals surface area contributed by atoms with E-state index in [2.05, 4.69) is 48.4 Å². The molecule has 2 aliphatic heterocycles. The smallest absolute Gasteiger partial charge is 0.0938 e. The molecule has 0 radical (unpaired) electrons. The van der Waals surface area contributed by atoms with E-state index in [1.807, 2.05) is 0 Å². The van der Waals surface area contributed by atoms with Crippen molar-refractivity contribution >= 4 is 34.3 Å². The Morgan fingerprint density at radius 2 is 2.14 bits per heavy atom. The van der Waals surface area contributed by atoms with Crippen molar-refractivity contribution in [3.05, 3.63) is 62.3 Å². The van der Waals surface area contributed by atoms with Gasteiger partial charge >= 0.3 is 0 Å². The fourth-order valence-electron chi connectivity index (χ4n) is 3.16. The number of thiophene rings is 1. The van der Waals surface area contributed by atoms with Gasteiger partial charge in [-0.25, -0.2) is 4.99 Å². The van der Waals surface area contributed by atoms with Crippen LogP contribution in [0.4, 0.5) is 5.69 Å². The van der Waals surface area contributed by atoms with Crippen LogP contribution in [0.25, 0.3) is 0 Å². The molecule has 4 heteroatoms. The summed E-state index contributed by atoms with van der Waals surface area (Å²) < 4.78 is 0.849. The summed E-state index contributed by atoms with van der Waals surface area (Å²) >= 11 is 7.98. The molecule has 1 aromatic carbocycles. The first-order valence-electron chi connectivity index (χ1n) is 7.54. The number of likely N-dealkylation sites (N-methyl/N-ethyl adjacent to an activating group) is 1. The third kappa shape index (κ3) is 2.54. The van der Waals surface area contributed by atoms with Gasteiger partial charge in [0, 0.05) is 30.0 Å². The van der Waals surface area contributed by atoms with E-state index in [4.69, 9.17) is 16.6 Å². The van der Waals surface area contributed by atoms with E-state index in [1.165, 1.54) is 21.6 Å². The molecule has 3 heterocycles. The van der Waals surface area contributed by atoms with Crippen LogP contribution < -0.4 is 0 Å². The zero-order valence-corrected chi connectivity index (χ0v) is 14.0. The second-order valence-electron chi connectivity index (χ2n) is 5.91. The number of fused-ring (bicyclic) bond motifs is 2. The van der Waals surface area contributed by atoms with Gasteiger partial charge in [-0.15, -0.1) is 11.3 Å². The van der Waals surface area contributed by atoms with Crippen molar-refractivity contribution in [1.29, 1.82) is 0 Å². The number of benzene rings is 1. The third-order valence-corrected chi connectivity index (χ3v) is 5.52. The molecule has 2 aliphatic rings. The fourth-order valence-corrected chi connectivity index (χ4v) is 4.45. The van der Waals surface area contributed by atoms with E-state index in [0.29, 0.717) is 0 Å². The van der Waals surface area contributed by atoms with Gasteiger partial charge in [0.15, 0.2) is 0 Å². The summed E-state index contributed by atoms with van der Waals surface area (Å²) in [4.78, 5) is 8.69. The van der Waals surface area contributed by atoms with E-state index in [1.54, 1.807) is 11.3 Å². The van der Waals surface area contributed by atoms with Crippen LogP contribution in [0.5, 0.6) is 0 Å². The van der Waals surface area contributed by atoms with Crippen molar-refractivity contribution < 1.29 is 0 Å². The molecule has 0 bridgehead atoms. The first kappa shape index (κ1) is 14.2. The maximum Gasteiger partial charge on any atom is 0.0938 e. The lowest BCUT2D eigenvalue weighted by atomic mass is 9.98. The van der Waals surface area contributed by atoms with Gasteiger partial charge in [0.05, 0.1) is 15.7 Å². The molecule has 4 rings (SSSR count). The van der Waals surface area contributed by atoms with Gasteiger partial charge in [-0.1, -0.05) is 35.9 Å². The highest BCUT2D eigenvalue weighted by atomic mass is 35.5. The fraction of sp³-hybridized carbons (Fsp3) is 0.278. The average molecular weight is 329 g/mol. The van der Waals surface area contributed by atoms with Crippen molar-refractivity contribution in [2.75, 3.05) is 20.1 Å². The Labute approximate surface area is 139 Å². The van der Waals surface area contributed by atoms with Crippen LogP contribution in [0.1, 0.15) is 22.4 Å². The lowest BCUT2D eigenvalue weighted by molar-refractivity contribution is 0.360. The molecule has 2 aromatic rings. The molecule has 0 saturated heterocycles. The van der Waals surface area contributed by atoms with Crippen molar-refractivity contribution in [3.63, 3.8) is 0 Å². The Hall–Kier alpha value is -1.42. The molecule has 2 nitrogen and oxygen atoms in total. The zero-order chi connectivity index (χ0) is 15.1. The number of halogens is 1. The maximum absolute atomic E-state index is 6.30. The molecule has 0 unspecified atom stereocenters. The third-order valence-electron chi connectivity index (χ3n) is 4.25. The van der Waals surface area contributed by atoms with Gasteiger partial charge in [0.2, 0.25) is 0 Å². The van der Waals surface area contributed by atoms with E-state index < -0.39 is 0 Å². The number of hydrogen-bond donors (Lipinski definition) is 0. The van der Waals surface area contributed by atoms with Gasteiger partial charge in [-0.05, 0) is 36.7 Å². The monoisotopic (exact) mass is 328 g/mol. The number of aliphatic imine (C=N–C) groups is 1. The van der Waals surface area contributed by atoms with Crippen LogP contribution >= 0.6 is 22.9 Å². The standard InChI is InChI=1S/C18H17ClN2S/c1-21-8-4-6-13(11-21)18-14-10-17(19)22-16(14)9-12-5-2-3-7-15(12)20-18/h2-3,5-7,10H,4,8-9,11H2,1H3. The van der Waals surface area contributed by atoms with Gasteiger partial charge in [-0.3, -0.25) is 0 Å². The second kappa shape index (κ2) is 5.65. The summed E-state index contributed by atoms with van der Waals surface area (Å²) in [6.07, 6.45) is 4.33. The number of nitrogens with zero attached hydrogens (tertiary/aromatic N) is 2. The van der Waals surface area contributed by atoms with Crippen molar-refractivity contribution in [1.82, 2.24) is 4.90 Å². The quantitative estimate of drug-likeness (QED) is 0.741. The Balaban J connectivity index is 1.90. The minimum absolute atomic E-state index is 0.849. The van der Waals surface area contributed by atoms with Crippen LogP contribution in [0.15, 0.2) is 47.0 Å². The first-order valence-corrected chi connectivity index (χ1v) is 8.73. The van der Waals surface area contributed by atoms with E-state index >= 15 is 0 Å². The highest BCUT2D eigenvalue weighted by molar-refractivity contribution is 7.16. The highest BCUT2D eigenvalue weighted by Gasteiger charge is 2.23. The van der Waals surface area contributed by atoms with Gasteiger partial charge in [-0.2, -0.15) is 0 Å². The average Bonchev–Trinajstić information content (AvgIpc) is 2.79. The predicted molar refractivity (Wildman–Crippen MR) is 95.0 cm³/mol. The predicted octanol–water partition coefficient (Wildman–Crippen LogP) is 4.69. The molecule has 0 fully saturated rings. The molecule has 112 valence electrons. The Morgan fingerprint density at radius 3 is 3.00 bits per heavy atom. The van der Waals surface area contributed by atoms with Crippen LogP contribution in [-0.4, -0.2) is 30.7 Å². The van der Waals surface area contributed by atoms with Gasteiger partial charge in [0.1, 0.15) is 0 Å². The minimum atomic E-state index is 0.849. The van der Waals surface area contributed by atoms with Crippen LogP contribution in [0.3, 0.4) is 0 Å². The number of rotatable bonds is 1. The summed E-state index contributed by atoms with van der Waals surface area (Å²) in [5, 5.41) is 0. The van der Waals surface area contributed by atoms with Crippen molar-refractivity contribution in [2.24, 2.45) is 4.99 Å². The molecule has 0 saturated carbocycles. The van der Waals surface area contributed by atoms with Crippen LogP contribution in [-0.2, 0) is 6.42 Å². The number of para-hydroxylation sites is 1. The molecular weight excluding hydrogens is 312 g/mol. The van der Waals surface area contributed by atoms with Crippen molar-refractivity contribution in [3.8, 4) is 0 Å². The van der Waals surface area contributed by atoms with E-state index in [0.717, 1.165) is 41.7 Å². The van der Waals surface area contributed by atoms with Crippen LogP contribution in [0, 0.1) is 0 Å². The summed E-state index contributed by atoms with van der Waals surface area (Å²) in [6, 6.07) is 10.5. The first-order chi connectivity index (χ1) is 10.7. The molecule has 0 spiro atoms. The zero-order valence-electron chi connectivity index (χ0n) is 12.5. The molecule has 0 aliphatic carbocycles. The van der Waals surface area contributed by atoms with Crippen LogP contribution in [0.2, 0.25) is 4.34 Å². The lowest BCUT2D eigenvalue weighted by Gasteiger charge is -2.23. The van der Waals surface area contributed by atoms with Gasteiger partial charge < -0.3 is 4.90 Å². The second-order valence-corrected chi connectivity index (χ2v) is 7.68. The highest BCUT2D eigenvalue weighted by Crippen LogP contribution is 2.37. The summed E-state index contributed by atoms with van der Waals surface area (Å²) in [5.41, 5.74) is 6.01. The van der Waals surface area contributed by atoms with Gasteiger partial charge in [0.25, 0.3) is 0 Å². The maximum atomic E-state index is 6.30. The molecule has 0 atom stereocenters. The summed E-state index contributed by atoms with van der Waals surface area (Å²) in [5.74, 6) is 0. The normalized spacial score (nSPS) is 18.1.